The normalized spacial score (nSPS) is 13.3. The van der Waals surface area contributed by atoms with E-state index in [9.17, 15) is 4.79 Å². The molecule has 0 aromatic carbocycles. The molecule has 0 radical (unpaired) electrons. The first-order chi connectivity index (χ1) is 5.26. The largest absolute Gasteiger partial charge is 0.357 e. The summed E-state index contributed by atoms with van der Waals surface area (Å²) in [5.74, 6) is 4.57. The Labute approximate surface area is 68.4 Å². The van der Waals surface area contributed by atoms with Crippen molar-refractivity contribution in [3.05, 3.63) is 0 Å². The lowest BCUT2D eigenvalue weighted by molar-refractivity contribution is -0.121. The summed E-state index contributed by atoms with van der Waals surface area (Å²) in [6.45, 7) is 0. The second kappa shape index (κ2) is 5.93. The predicted octanol–water partition coefficient (Wildman–Crippen LogP) is -0.367. The zero-order valence-electron chi connectivity index (χ0n) is 6.02. The summed E-state index contributed by atoms with van der Waals surface area (Å²) in [7, 11) is 1.48. The monoisotopic (exact) mass is 178 g/mol. The number of carbonyl (C=O) groups is 1. The van der Waals surface area contributed by atoms with E-state index in [1.807, 2.05) is 0 Å². The molecule has 1 atom stereocenters. The van der Waals surface area contributed by atoms with E-state index in [1.165, 1.54) is 7.05 Å². The van der Waals surface area contributed by atoms with E-state index in [1.54, 1.807) is 0 Å². The minimum absolute atomic E-state index is 0.153. The van der Waals surface area contributed by atoms with Crippen LogP contribution in [0, 0.1) is 0 Å². The van der Waals surface area contributed by atoms with Crippen molar-refractivity contribution in [2.75, 3.05) is 12.8 Å². The maximum Gasteiger partial charge on any atom is 0.247 e. The number of hydrogen-bond acceptors (Lipinski definition) is 5. The highest BCUT2D eigenvalue weighted by molar-refractivity contribution is 7.93. The van der Waals surface area contributed by atoms with Crippen molar-refractivity contribution < 1.29 is 9.35 Å². The summed E-state index contributed by atoms with van der Waals surface area (Å²) in [4.78, 5) is 10.8. The molecule has 4 N–H and O–H groups in total. The van der Waals surface area contributed by atoms with Gasteiger partial charge in [-0.25, -0.2) is 0 Å². The van der Waals surface area contributed by atoms with Crippen molar-refractivity contribution in [1.29, 1.82) is 0 Å². The summed E-state index contributed by atoms with van der Waals surface area (Å²) in [6.07, 6.45) is 0. The minimum Gasteiger partial charge on any atom is -0.357 e. The fraction of sp³-hybridized carbons (Fsp3) is 0.750. The fourth-order valence-electron chi connectivity index (χ4n) is 0.479. The van der Waals surface area contributed by atoms with Crippen LogP contribution in [0.25, 0.3) is 0 Å². The SMILES string of the molecule is CNC(=O)C(CSO)N=NN. The molecule has 11 heavy (non-hydrogen) atoms. The van der Waals surface area contributed by atoms with Gasteiger partial charge in [0.05, 0.1) is 5.75 Å². The molecule has 7 heteroatoms. The zero-order chi connectivity index (χ0) is 8.69. The van der Waals surface area contributed by atoms with Gasteiger partial charge in [-0.2, -0.15) is 5.11 Å². The van der Waals surface area contributed by atoms with E-state index in [4.69, 9.17) is 10.4 Å². The van der Waals surface area contributed by atoms with Gasteiger partial charge in [0.2, 0.25) is 5.91 Å². The van der Waals surface area contributed by atoms with Gasteiger partial charge < -0.3 is 15.7 Å². The number of likely N-dealkylation sites (N-methyl/N-ethyl adjacent to an activating group) is 1. The molecule has 0 rings (SSSR count). The number of amides is 1. The first kappa shape index (κ1) is 10.2. The molecule has 1 amide bonds. The Hall–Kier alpha value is -0.820. The molecular weight excluding hydrogens is 168 g/mol. The highest BCUT2D eigenvalue weighted by atomic mass is 32.2. The van der Waals surface area contributed by atoms with Gasteiger partial charge in [0, 0.05) is 7.05 Å². The highest BCUT2D eigenvalue weighted by Gasteiger charge is 2.15. The average molecular weight is 178 g/mol. The van der Waals surface area contributed by atoms with Crippen molar-refractivity contribution in [2.24, 2.45) is 16.2 Å². The highest BCUT2D eigenvalue weighted by Crippen LogP contribution is 2.00. The first-order valence-electron chi connectivity index (χ1n) is 2.84. The van der Waals surface area contributed by atoms with E-state index >= 15 is 0 Å². The molecule has 6 nitrogen and oxygen atoms in total. The number of carbonyl (C=O) groups excluding carboxylic acids is 1. The van der Waals surface area contributed by atoms with E-state index in [-0.39, 0.29) is 11.7 Å². The van der Waals surface area contributed by atoms with Crippen LogP contribution in [-0.2, 0) is 4.79 Å². The van der Waals surface area contributed by atoms with Crippen LogP contribution in [0.15, 0.2) is 10.3 Å². The van der Waals surface area contributed by atoms with Crippen LogP contribution in [0.3, 0.4) is 0 Å². The predicted molar refractivity (Wildman–Crippen MR) is 42.0 cm³/mol. The second-order valence-electron chi connectivity index (χ2n) is 1.66. The van der Waals surface area contributed by atoms with Crippen LogP contribution < -0.4 is 11.2 Å². The van der Waals surface area contributed by atoms with Gasteiger partial charge in [0.1, 0.15) is 0 Å². The number of nitrogens with one attached hydrogen (secondary N) is 1. The van der Waals surface area contributed by atoms with Gasteiger partial charge in [-0.05, 0) is 12.0 Å². The third kappa shape index (κ3) is 3.79. The van der Waals surface area contributed by atoms with Crippen molar-refractivity contribution in [2.45, 2.75) is 6.04 Å². The van der Waals surface area contributed by atoms with E-state index in [0.717, 1.165) is 0 Å². The first-order valence-corrected chi connectivity index (χ1v) is 3.78. The fourth-order valence-corrected chi connectivity index (χ4v) is 0.838. The Morgan fingerprint density at radius 1 is 1.91 bits per heavy atom. The van der Waals surface area contributed by atoms with E-state index in [0.29, 0.717) is 12.0 Å². The van der Waals surface area contributed by atoms with Crippen molar-refractivity contribution in [1.82, 2.24) is 5.32 Å². The lowest BCUT2D eigenvalue weighted by atomic mass is 10.3. The number of rotatable bonds is 4. The zero-order valence-corrected chi connectivity index (χ0v) is 6.84. The smallest absolute Gasteiger partial charge is 0.247 e. The maximum absolute atomic E-state index is 10.8. The van der Waals surface area contributed by atoms with Crippen molar-refractivity contribution >= 4 is 17.9 Å². The molecule has 0 aromatic heterocycles. The second-order valence-corrected chi connectivity index (χ2v) is 2.25. The summed E-state index contributed by atoms with van der Waals surface area (Å²) in [6, 6.07) is -0.708. The van der Waals surface area contributed by atoms with E-state index in [2.05, 4.69) is 15.7 Å². The van der Waals surface area contributed by atoms with Crippen LogP contribution in [0.2, 0.25) is 0 Å². The summed E-state index contributed by atoms with van der Waals surface area (Å²) in [5, 5.41) is 8.72. The molecule has 0 bridgehead atoms. The maximum atomic E-state index is 10.8. The Balaban J connectivity index is 3.97. The van der Waals surface area contributed by atoms with Gasteiger partial charge in [0.15, 0.2) is 6.04 Å². The summed E-state index contributed by atoms with van der Waals surface area (Å²) in [5.41, 5.74) is 0. The van der Waals surface area contributed by atoms with Crippen LogP contribution in [-0.4, -0.2) is 29.3 Å². The average Bonchev–Trinajstić information content (AvgIpc) is 2.03. The summed E-state index contributed by atoms with van der Waals surface area (Å²) < 4.78 is 8.40. The van der Waals surface area contributed by atoms with Crippen molar-refractivity contribution in [3.63, 3.8) is 0 Å². The molecule has 0 heterocycles. The van der Waals surface area contributed by atoms with Crippen LogP contribution in [0.1, 0.15) is 0 Å². The Morgan fingerprint density at radius 2 is 2.55 bits per heavy atom. The minimum atomic E-state index is -0.708. The number of nitrogens with zero attached hydrogens (tertiary/aromatic N) is 2. The molecule has 0 aliphatic rings. The van der Waals surface area contributed by atoms with E-state index < -0.39 is 6.04 Å². The van der Waals surface area contributed by atoms with Gasteiger partial charge in [-0.1, -0.05) is 5.22 Å². The van der Waals surface area contributed by atoms with Gasteiger partial charge in [0.25, 0.3) is 0 Å². The molecule has 1 unspecified atom stereocenters. The molecular formula is C4H10N4O2S. The Morgan fingerprint density at radius 3 is 2.91 bits per heavy atom. The van der Waals surface area contributed by atoms with Gasteiger partial charge >= 0.3 is 0 Å². The topological polar surface area (TPSA) is 100 Å². The van der Waals surface area contributed by atoms with Crippen LogP contribution >= 0.6 is 12.0 Å². The molecule has 0 saturated carbocycles. The third-order valence-electron chi connectivity index (χ3n) is 0.988. The molecule has 0 aromatic rings. The third-order valence-corrected chi connectivity index (χ3v) is 1.45. The lowest BCUT2D eigenvalue weighted by Crippen LogP contribution is -2.32. The Kier molecular flexibility index (Phi) is 5.49. The molecule has 64 valence electrons. The molecule has 0 aliphatic heterocycles. The molecule has 0 fully saturated rings. The van der Waals surface area contributed by atoms with Crippen LogP contribution in [0.5, 0.6) is 0 Å². The number of hydrogen-bond donors (Lipinski definition) is 3. The summed E-state index contributed by atoms with van der Waals surface area (Å²) >= 11 is 0.523. The quantitative estimate of drug-likeness (QED) is 0.237. The van der Waals surface area contributed by atoms with Gasteiger partial charge in [-0.15, -0.1) is 0 Å². The standard InChI is InChI=1S/C4H10N4O2S/c1-6-4(9)3(2-11-10)7-8-5/h3,10H,2H2,1H3,(H2,5,7)(H,6,9). The number of nitrogens with two attached hydrogens (primary N) is 1. The Bertz CT molecular complexity index is 151. The molecule has 0 spiro atoms. The molecule has 0 saturated heterocycles. The molecule has 0 aliphatic carbocycles. The van der Waals surface area contributed by atoms with Crippen LogP contribution in [0.4, 0.5) is 0 Å². The van der Waals surface area contributed by atoms with Gasteiger partial charge in [-0.3, -0.25) is 4.79 Å². The van der Waals surface area contributed by atoms with Crippen molar-refractivity contribution in [3.8, 4) is 0 Å². The lowest BCUT2D eigenvalue weighted by Gasteiger charge is -2.05.